The van der Waals surface area contributed by atoms with Gasteiger partial charge in [-0.25, -0.2) is 17.8 Å². The summed E-state index contributed by atoms with van der Waals surface area (Å²) in [5.41, 5.74) is -1.38. The quantitative estimate of drug-likeness (QED) is 0.382. The fourth-order valence-electron chi connectivity index (χ4n) is 3.83. The molecule has 1 fully saturated rings. The number of nitro groups is 1. The second-order valence-corrected chi connectivity index (χ2v) is 12.7. The maximum Gasteiger partial charge on any atom is 0.272 e. The molecule has 13 heteroatoms. The third kappa shape index (κ3) is 6.84. The van der Waals surface area contributed by atoms with Gasteiger partial charge >= 0.3 is 0 Å². The summed E-state index contributed by atoms with van der Waals surface area (Å²) in [6, 6.07) is 3.34. The lowest BCUT2D eigenvalue weighted by Crippen LogP contribution is -2.40. The highest BCUT2D eigenvalue weighted by Gasteiger charge is 2.32. The maximum atomic E-state index is 13.2. The molecule has 1 amide bonds. The van der Waals surface area contributed by atoms with E-state index in [-0.39, 0.29) is 23.4 Å². The van der Waals surface area contributed by atoms with Crippen LogP contribution in [0.25, 0.3) is 0 Å². The van der Waals surface area contributed by atoms with E-state index < -0.39 is 42.5 Å². The van der Waals surface area contributed by atoms with Gasteiger partial charge in [0.25, 0.3) is 11.6 Å². The number of ether oxygens (including phenoxy) is 2. The van der Waals surface area contributed by atoms with Crippen LogP contribution in [0.5, 0.6) is 11.6 Å². The number of hydrogen-bond donors (Lipinski definition) is 2. The first-order chi connectivity index (χ1) is 17.0. The molecule has 3 rings (SSSR count). The molecule has 1 aliphatic rings. The van der Waals surface area contributed by atoms with Gasteiger partial charge in [-0.15, -0.1) is 0 Å². The summed E-state index contributed by atoms with van der Waals surface area (Å²) < 4.78 is 42.1. The van der Waals surface area contributed by atoms with Crippen molar-refractivity contribution >= 4 is 21.6 Å². The highest BCUT2D eigenvalue weighted by molar-refractivity contribution is 7.89. The third-order valence-corrected chi connectivity index (χ3v) is 7.29. The van der Waals surface area contributed by atoms with E-state index in [1.807, 2.05) is 20.8 Å². The zero-order valence-electron chi connectivity index (χ0n) is 22.2. The normalized spacial score (nSPS) is 16.6. The van der Waals surface area contributed by atoms with Gasteiger partial charge in [-0.05, 0) is 67.4 Å². The number of rotatable bonds is 8. The Morgan fingerprint density at radius 1 is 1.27 bits per heavy atom. The number of amides is 1. The molecule has 2 heterocycles. The van der Waals surface area contributed by atoms with E-state index in [0.717, 1.165) is 25.0 Å². The minimum atomic E-state index is -4.22. The van der Waals surface area contributed by atoms with Crippen molar-refractivity contribution in [3.8, 4) is 11.6 Å². The summed E-state index contributed by atoms with van der Waals surface area (Å²) in [4.78, 5) is 23.3. The van der Waals surface area contributed by atoms with Gasteiger partial charge < -0.3 is 14.8 Å². The van der Waals surface area contributed by atoms with Gasteiger partial charge in [0.15, 0.2) is 5.69 Å². The maximum absolute atomic E-state index is 13.2. The average Bonchev–Trinajstić information content (AvgIpc) is 3.38. The van der Waals surface area contributed by atoms with Crippen molar-refractivity contribution in [3.05, 3.63) is 39.6 Å². The van der Waals surface area contributed by atoms with Crippen molar-refractivity contribution in [1.82, 2.24) is 19.8 Å². The van der Waals surface area contributed by atoms with E-state index in [1.165, 1.54) is 10.7 Å². The zero-order valence-corrected chi connectivity index (χ0v) is 23.1. The van der Waals surface area contributed by atoms with Crippen molar-refractivity contribution in [1.29, 1.82) is 0 Å². The number of benzene rings is 1. The van der Waals surface area contributed by atoms with Gasteiger partial charge in [-0.2, -0.15) is 5.10 Å². The van der Waals surface area contributed by atoms with Crippen LogP contribution >= 0.6 is 0 Å². The van der Waals surface area contributed by atoms with Gasteiger partial charge in [0.1, 0.15) is 10.6 Å². The van der Waals surface area contributed by atoms with Crippen LogP contribution in [-0.2, 0) is 20.3 Å². The lowest BCUT2D eigenvalue weighted by molar-refractivity contribution is -0.385. The number of nitro benzene ring substituents is 1. The van der Waals surface area contributed by atoms with Gasteiger partial charge in [-0.1, -0.05) is 0 Å². The largest absolute Gasteiger partial charge is 0.438 e. The van der Waals surface area contributed by atoms with Crippen molar-refractivity contribution in [3.63, 3.8) is 0 Å². The molecule has 2 N–H and O–H groups in total. The number of nitrogens with zero attached hydrogens (tertiary/aromatic N) is 3. The fourth-order valence-corrected chi connectivity index (χ4v) is 5.40. The SMILES string of the molecule is Cc1c(C(=O)NCC2CCCO2)nn(C(C)(C)C)c1Oc1ccc([N+](=O)[O-])cc1S(=O)(=O)NC(C)(C)C. The van der Waals surface area contributed by atoms with E-state index in [9.17, 15) is 23.3 Å². The van der Waals surface area contributed by atoms with Crippen LogP contribution < -0.4 is 14.8 Å². The van der Waals surface area contributed by atoms with Gasteiger partial charge in [0.05, 0.1) is 16.6 Å². The van der Waals surface area contributed by atoms with Crippen molar-refractivity contribution < 1.29 is 27.6 Å². The van der Waals surface area contributed by atoms with Gasteiger partial charge in [0, 0.05) is 36.4 Å². The monoisotopic (exact) mass is 537 g/mol. The summed E-state index contributed by atoms with van der Waals surface area (Å²) in [5.74, 6) is -0.398. The van der Waals surface area contributed by atoms with Crippen LogP contribution in [0, 0.1) is 17.0 Å². The van der Waals surface area contributed by atoms with E-state index >= 15 is 0 Å². The predicted octanol–water partition coefficient (Wildman–Crippen LogP) is 3.63. The van der Waals surface area contributed by atoms with E-state index in [0.29, 0.717) is 18.7 Å². The van der Waals surface area contributed by atoms with E-state index in [4.69, 9.17) is 9.47 Å². The molecule has 12 nitrogen and oxygen atoms in total. The van der Waals surface area contributed by atoms with Crippen LogP contribution in [0.4, 0.5) is 5.69 Å². The lowest BCUT2D eigenvalue weighted by Gasteiger charge is -2.24. The van der Waals surface area contributed by atoms with Crippen molar-refractivity contribution in [2.75, 3.05) is 13.2 Å². The minimum absolute atomic E-state index is 0.0483. The molecule has 1 atom stereocenters. The highest BCUT2D eigenvalue weighted by atomic mass is 32.2. The number of carbonyl (C=O) groups excluding carboxylic acids is 1. The first-order valence-corrected chi connectivity index (χ1v) is 13.5. The molecule has 1 aromatic carbocycles. The molecule has 1 aromatic heterocycles. The molecule has 1 saturated heterocycles. The summed E-state index contributed by atoms with van der Waals surface area (Å²) in [7, 11) is -4.22. The molecule has 1 aliphatic heterocycles. The molecular formula is C24H35N5O7S. The second-order valence-electron chi connectivity index (χ2n) is 11.1. The van der Waals surface area contributed by atoms with Crippen LogP contribution in [0.15, 0.2) is 23.1 Å². The van der Waals surface area contributed by atoms with Crippen LogP contribution in [0.2, 0.25) is 0 Å². The smallest absolute Gasteiger partial charge is 0.272 e. The molecule has 0 radical (unpaired) electrons. The Balaban J connectivity index is 2.05. The first kappa shape index (κ1) is 28.5. The molecule has 0 spiro atoms. The molecule has 37 heavy (non-hydrogen) atoms. The van der Waals surface area contributed by atoms with Crippen LogP contribution in [0.1, 0.15) is 70.4 Å². The Labute approximate surface area is 216 Å². The van der Waals surface area contributed by atoms with E-state index in [1.54, 1.807) is 27.7 Å². The first-order valence-electron chi connectivity index (χ1n) is 12.0. The number of aromatic nitrogens is 2. The molecule has 0 bridgehead atoms. The van der Waals surface area contributed by atoms with Crippen LogP contribution in [-0.4, -0.2) is 53.8 Å². The number of nitrogens with one attached hydrogen (secondary N) is 2. The Morgan fingerprint density at radius 2 is 1.95 bits per heavy atom. The molecule has 0 saturated carbocycles. The molecule has 1 unspecified atom stereocenters. The summed E-state index contributed by atoms with van der Waals surface area (Å²) >= 11 is 0. The predicted molar refractivity (Wildman–Crippen MR) is 137 cm³/mol. The molecule has 0 aliphatic carbocycles. The Bertz CT molecular complexity index is 1280. The van der Waals surface area contributed by atoms with E-state index in [2.05, 4.69) is 15.1 Å². The zero-order chi connectivity index (χ0) is 27.8. The Kier molecular flexibility index (Phi) is 8.01. The van der Waals surface area contributed by atoms with Crippen molar-refractivity contribution in [2.24, 2.45) is 0 Å². The molecule has 2 aromatic rings. The Morgan fingerprint density at radius 3 is 2.49 bits per heavy atom. The summed E-state index contributed by atoms with van der Waals surface area (Å²) in [6.07, 6.45) is 1.76. The standard InChI is InChI=1S/C24H35N5O7S/c1-15-20(21(30)25-14-17-9-8-12-35-17)26-28(24(5,6)7)22(15)36-18-11-10-16(29(31)32)13-19(18)37(33,34)27-23(2,3)4/h10-11,13,17,27H,8-9,12,14H2,1-7H3,(H,25,30). The average molecular weight is 538 g/mol. The number of hydrogen-bond acceptors (Lipinski definition) is 8. The van der Waals surface area contributed by atoms with Gasteiger partial charge in [0.2, 0.25) is 15.9 Å². The summed E-state index contributed by atoms with van der Waals surface area (Å²) in [5, 5.41) is 18.7. The minimum Gasteiger partial charge on any atom is -0.438 e. The number of carbonyl (C=O) groups is 1. The van der Waals surface area contributed by atoms with Crippen LogP contribution in [0.3, 0.4) is 0 Å². The number of sulfonamides is 1. The molecular weight excluding hydrogens is 502 g/mol. The third-order valence-electron chi connectivity index (χ3n) is 5.51. The number of non-ortho nitro benzene ring substituents is 1. The lowest BCUT2D eigenvalue weighted by atomic mass is 10.1. The summed E-state index contributed by atoms with van der Waals surface area (Å²) in [6.45, 7) is 13.2. The highest BCUT2D eigenvalue weighted by Crippen LogP contribution is 2.37. The van der Waals surface area contributed by atoms with Gasteiger partial charge in [-0.3, -0.25) is 14.9 Å². The van der Waals surface area contributed by atoms with Crippen molar-refractivity contribution in [2.45, 2.75) is 83.4 Å². The second kappa shape index (κ2) is 10.4. The fraction of sp³-hybridized carbons (Fsp3) is 0.583. The topological polar surface area (TPSA) is 155 Å². The molecule has 204 valence electrons. The Hall–Kier alpha value is -3.03.